The fourth-order valence-corrected chi connectivity index (χ4v) is 2.48. The molecule has 1 aliphatic carbocycles. The van der Waals surface area contributed by atoms with E-state index in [1.165, 1.54) is 6.42 Å². The number of aromatic nitrogens is 2. The number of ether oxygens (including phenoxy) is 2. The van der Waals surface area contributed by atoms with Crippen LogP contribution >= 0.6 is 0 Å². The molecule has 0 unspecified atom stereocenters. The van der Waals surface area contributed by atoms with Gasteiger partial charge in [0.1, 0.15) is 5.56 Å². The van der Waals surface area contributed by atoms with E-state index in [1.807, 2.05) is 7.05 Å². The van der Waals surface area contributed by atoms with Gasteiger partial charge in [0.2, 0.25) is 0 Å². The highest BCUT2D eigenvalue weighted by molar-refractivity contribution is 5.90. The predicted octanol–water partition coefficient (Wildman–Crippen LogP) is 1.26. The van der Waals surface area contributed by atoms with Crippen molar-refractivity contribution in [2.75, 3.05) is 20.3 Å². The van der Waals surface area contributed by atoms with Crippen molar-refractivity contribution in [3.8, 4) is 0 Å². The number of carbonyl (C=O) groups excluding carboxylic acids is 1. The van der Waals surface area contributed by atoms with E-state index in [9.17, 15) is 4.79 Å². The molecule has 20 heavy (non-hydrogen) atoms. The third-order valence-corrected chi connectivity index (χ3v) is 3.99. The molecule has 0 atom stereocenters. The highest BCUT2D eigenvalue weighted by Crippen LogP contribution is 2.34. The topological polar surface area (TPSA) is 65.4 Å². The number of nitrogens with one attached hydrogen (secondary N) is 1. The number of carbonyl (C=O) groups is 1. The fraction of sp³-hybridized carbons (Fsp3) is 0.714. The first-order valence-electron chi connectivity index (χ1n) is 7.06. The van der Waals surface area contributed by atoms with E-state index in [0.29, 0.717) is 18.7 Å². The van der Waals surface area contributed by atoms with Gasteiger partial charge in [0.15, 0.2) is 0 Å². The highest BCUT2D eigenvalue weighted by atomic mass is 16.5. The first-order valence-corrected chi connectivity index (χ1v) is 7.06. The SMILES string of the molecule is CCOC(=O)c1cnn(C)c1CNCC1(OC)CCC1. The zero-order valence-corrected chi connectivity index (χ0v) is 12.4. The summed E-state index contributed by atoms with van der Waals surface area (Å²) in [6.07, 6.45) is 4.96. The molecule has 0 saturated heterocycles. The van der Waals surface area contributed by atoms with Crippen molar-refractivity contribution in [2.24, 2.45) is 7.05 Å². The van der Waals surface area contributed by atoms with Crippen molar-refractivity contribution < 1.29 is 14.3 Å². The van der Waals surface area contributed by atoms with Crippen molar-refractivity contribution in [3.63, 3.8) is 0 Å². The Morgan fingerprint density at radius 1 is 1.55 bits per heavy atom. The van der Waals surface area contributed by atoms with Crippen LogP contribution in [0.4, 0.5) is 0 Å². The third-order valence-electron chi connectivity index (χ3n) is 3.99. The molecule has 0 aromatic carbocycles. The van der Waals surface area contributed by atoms with Crippen LogP contribution in [0.2, 0.25) is 0 Å². The van der Waals surface area contributed by atoms with Crippen LogP contribution in [0.25, 0.3) is 0 Å². The first-order chi connectivity index (χ1) is 9.62. The summed E-state index contributed by atoms with van der Waals surface area (Å²) in [7, 11) is 3.59. The summed E-state index contributed by atoms with van der Waals surface area (Å²) in [4.78, 5) is 11.8. The van der Waals surface area contributed by atoms with Crippen LogP contribution in [0, 0.1) is 0 Å². The molecule has 1 N–H and O–H groups in total. The van der Waals surface area contributed by atoms with Crippen molar-refractivity contribution >= 4 is 5.97 Å². The highest BCUT2D eigenvalue weighted by Gasteiger charge is 2.36. The standard InChI is InChI=1S/C14H23N3O3/c1-4-20-13(18)11-8-16-17(2)12(11)9-15-10-14(19-3)6-5-7-14/h8,15H,4-7,9-10H2,1-3H3. The molecule has 112 valence electrons. The Balaban J connectivity index is 1.95. The van der Waals surface area contributed by atoms with Crippen LogP contribution in [-0.4, -0.2) is 41.6 Å². The molecule has 1 heterocycles. The van der Waals surface area contributed by atoms with Gasteiger partial charge in [0.25, 0.3) is 0 Å². The molecule has 0 aliphatic heterocycles. The van der Waals surface area contributed by atoms with Crippen molar-refractivity contribution in [1.82, 2.24) is 15.1 Å². The summed E-state index contributed by atoms with van der Waals surface area (Å²) >= 11 is 0. The molecule has 1 aromatic heterocycles. The molecule has 2 rings (SSSR count). The lowest BCUT2D eigenvalue weighted by Crippen LogP contribution is -2.47. The largest absolute Gasteiger partial charge is 0.462 e. The number of hydrogen-bond donors (Lipinski definition) is 1. The summed E-state index contributed by atoms with van der Waals surface area (Å²) in [6.45, 7) is 3.53. The molecule has 0 radical (unpaired) electrons. The number of esters is 1. The lowest BCUT2D eigenvalue weighted by molar-refractivity contribution is -0.0696. The van der Waals surface area contributed by atoms with Gasteiger partial charge in [-0.25, -0.2) is 4.79 Å². The monoisotopic (exact) mass is 281 g/mol. The van der Waals surface area contributed by atoms with Crippen molar-refractivity contribution in [1.29, 1.82) is 0 Å². The van der Waals surface area contributed by atoms with Crippen LogP contribution in [-0.2, 0) is 23.1 Å². The second-order valence-electron chi connectivity index (χ2n) is 5.19. The Morgan fingerprint density at radius 2 is 2.30 bits per heavy atom. The van der Waals surface area contributed by atoms with E-state index in [4.69, 9.17) is 9.47 Å². The van der Waals surface area contributed by atoms with Gasteiger partial charge in [0.05, 0.1) is 24.1 Å². The third kappa shape index (κ3) is 3.02. The average Bonchev–Trinajstić information content (AvgIpc) is 2.75. The minimum Gasteiger partial charge on any atom is -0.462 e. The predicted molar refractivity (Wildman–Crippen MR) is 74.5 cm³/mol. The van der Waals surface area contributed by atoms with Gasteiger partial charge in [-0.1, -0.05) is 0 Å². The zero-order valence-electron chi connectivity index (χ0n) is 12.4. The number of rotatable bonds is 7. The number of aryl methyl sites for hydroxylation is 1. The molecule has 6 heteroatoms. The van der Waals surface area contributed by atoms with Crippen LogP contribution in [0.1, 0.15) is 42.2 Å². The summed E-state index contributed by atoms with van der Waals surface area (Å²) in [5.74, 6) is -0.317. The fourth-order valence-electron chi connectivity index (χ4n) is 2.48. The quantitative estimate of drug-likeness (QED) is 0.762. The molecule has 0 amide bonds. The minimum absolute atomic E-state index is 0.0251. The van der Waals surface area contributed by atoms with Crippen molar-refractivity contribution in [3.05, 3.63) is 17.5 Å². The molecule has 0 bridgehead atoms. The summed E-state index contributed by atoms with van der Waals surface area (Å²) in [5, 5.41) is 7.50. The lowest BCUT2D eigenvalue weighted by atomic mass is 9.80. The molecule has 1 fully saturated rings. The Morgan fingerprint density at radius 3 is 2.85 bits per heavy atom. The maximum absolute atomic E-state index is 11.8. The van der Waals surface area contributed by atoms with Crippen LogP contribution in [0.5, 0.6) is 0 Å². The molecule has 1 saturated carbocycles. The van der Waals surface area contributed by atoms with E-state index in [2.05, 4.69) is 10.4 Å². The Hall–Kier alpha value is -1.40. The molecular formula is C14H23N3O3. The Kier molecular flexibility index (Phi) is 4.77. The maximum atomic E-state index is 11.8. The van der Waals surface area contributed by atoms with Gasteiger partial charge in [-0.3, -0.25) is 4.68 Å². The van der Waals surface area contributed by atoms with Crippen LogP contribution in [0.15, 0.2) is 6.20 Å². The number of hydrogen-bond acceptors (Lipinski definition) is 5. The first kappa shape index (κ1) is 15.0. The van der Waals surface area contributed by atoms with E-state index in [0.717, 1.165) is 25.1 Å². The smallest absolute Gasteiger partial charge is 0.341 e. The van der Waals surface area contributed by atoms with Crippen LogP contribution < -0.4 is 5.32 Å². The second-order valence-corrected chi connectivity index (χ2v) is 5.19. The Labute approximate surface area is 119 Å². The molecule has 1 aliphatic rings. The summed E-state index contributed by atoms with van der Waals surface area (Å²) < 4.78 is 12.3. The molecule has 1 aromatic rings. The van der Waals surface area contributed by atoms with E-state index < -0.39 is 0 Å². The van der Waals surface area contributed by atoms with Gasteiger partial charge in [-0.05, 0) is 26.2 Å². The van der Waals surface area contributed by atoms with Crippen LogP contribution in [0.3, 0.4) is 0 Å². The zero-order chi connectivity index (χ0) is 14.6. The van der Waals surface area contributed by atoms with E-state index in [1.54, 1.807) is 24.9 Å². The van der Waals surface area contributed by atoms with Gasteiger partial charge in [-0.15, -0.1) is 0 Å². The summed E-state index contributed by atoms with van der Waals surface area (Å²) in [6, 6.07) is 0. The maximum Gasteiger partial charge on any atom is 0.341 e. The lowest BCUT2D eigenvalue weighted by Gasteiger charge is -2.40. The van der Waals surface area contributed by atoms with Gasteiger partial charge in [-0.2, -0.15) is 5.10 Å². The second kappa shape index (κ2) is 6.37. The van der Waals surface area contributed by atoms with E-state index in [-0.39, 0.29) is 11.6 Å². The number of methoxy groups -OCH3 is 1. The van der Waals surface area contributed by atoms with Gasteiger partial charge < -0.3 is 14.8 Å². The number of nitrogens with zero attached hydrogens (tertiary/aromatic N) is 2. The van der Waals surface area contributed by atoms with Gasteiger partial charge in [0, 0.05) is 27.2 Å². The van der Waals surface area contributed by atoms with Crippen molar-refractivity contribution in [2.45, 2.75) is 38.3 Å². The molecule has 6 nitrogen and oxygen atoms in total. The Bertz CT molecular complexity index is 461. The van der Waals surface area contributed by atoms with E-state index >= 15 is 0 Å². The minimum atomic E-state index is -0.317. The summed E-state index contributed by atoms with van der Waals surface area (Å²) in [5.41, 5.74) is 1.35. The average molecular weight is 281 g/mol. The molecular weight excluding hydrogens is 258 g/mol. The van der Waals surface area contributed by atoms with Gasteiger partial charge >= 0.3 is 5.97 Å². The normalized spacial score (nSPS) is 16.8. The molecule has 0 spiro atoms.